The van der Waals surface area contributed by atoms with Gasteiger partial charge in [-0.2, -0.15) is 0 Å². The zero-order chi connectivity index (χ0) is 23.2. The summed E-state index contributed by atoms with van der Waals surface area (Å²) in [5.41, 5.74) is 1.87. The van der Waals surface area contributed by atoms with E-state index in [1.54, 1.807) is 0 Å². The minimum absolute atomic E-state index is 0.134. The highest BCUT2D eigenvalue weighted by molar-refractivity contribution is 9.10. The van der Waals surface area contributed by atoms with E-state index in [0.717, 1.165) is 21.7 Å². The first-order chi connectivity index (χ1) is 16.0. The van der Waals surface area contributed by atoms with Crippen LogP contribution in [0.15, 0.2) is 83.3 Å². The highest BCUT2D eigenvalue weighted by Gasteiger charge is 2.23. The Morgan fingerprint density at radius 2 is 1.73 bits per heavy atom. The molecule has 6 nitrogen and oxygen atoms in total. The molecule has 1 atom stereocenters. The van der Waals surface area contributed by atoms with E-state index in [2.05, 4.69) is 36.8 Å². The first-order valence-corrected chi connectivity index (χ1v) is 11.6. The molecule has 1 aromatic heterocycles. The number of hydrogen-bond donors (Lipinski definition) is 2. The number of carbonyl (C=O) groups excluding carboxylic acids is 2. The van der Waals surface area contributed by atoms with Gasteiger partial charge >= 0.3 is 0 Å². The maximum Gasteiger partial charge on any atom is 0.252 e. The molecule has 4 aromatic rings. The van der Waals surface area contributed by atoms with Gasteiger partial charge in [0.15, 0.2) is 0 Å². The molecular formula is C24H18BrFN4O2S. The summed E-state index contributed by atoms with van der Waals surface area (Å²) in [4.78, 5) is 25.8. The lowest BCUT2D eigenvalue weighted by atomic mass is 10.0. The molecule has 1 unspecified atom stereocenters. The number of benzene rings is 3. The molecule has 9 heteroatoms. The number of rotatable bonds is 7. The van der Waals surface area contributed by atoms with Gasteiger partial charge in [0.05, 0.1) is 0 Å². The van der Waals surface area contributed by atoms with Crippen molar-refractivity contribution in [1.29, 1.82) is 0 Å². The van der Waals surface area contributed by atoms with Crippen molar-refractivity contribution in [1.82, 2.24) is 15.5 Å². The molecule has 33 heavy (non-hydrogen) atoms. The third kappa shape index (κ3) is 6.09. The van der Waals surface area contributed by atoms with E-state index in [4.69, 9.17) is 0 Å². The second-order valence-electron chi connectivity index (χ2n) is 7.13. The van der Waals surface area contributed by atoms with Crippen molar-refractivity contribution < 1.29 is 14.0 Å². The van der Waals surface area contributed by atoms with Gasteiger partial charge in [0.2, 0.25) is 11.0 Å². The summed E-state index contributed by atoms with van der Waals surface area (Å²) in [6, 6.07) is 21.3. The highest BCUT2D eigenvalue weighted by atomic mass is 79.9. The Hall–Kier alpha value is -3.43. The number of hydrogen-bond acceptors (Lipinski definition) is 5. The van der Waals surface area contributed by atoms with Crippen molar-refractivity contribution in [3.8, 4) is 10.6 Å². The zero-order valence-corrected chi connectivity index (χ0v) is 19.6. The third-order valence-electron chi connectivity index (χ3n) is 4.74. The van der Waals surface area contributed by atoms with Crippen LogP contribution in [-0.4, -0.2) is 28.1 Å². The molecule has 0 aliphatic carbocycles. The van der Waals surface area contributed by atoms with Crippen molar-refractivity contribution in [2.24, 2.45) is 0 Å². The smallest absolute Gasteiger partial charge is 0.252 e. The van der Waals surface area contributed by atoms with Gasteiger partial charge in [-0.15, -0.1) is 10.2 Å². The van der Waals surface area contributed by atoms with E-state index in [9.17, 15) is 14.0 Å². The molecule has 1 heterocycles. The van der Waals surface area contributed by atoms with Crippen LogP contribution >= 0.6 is 27.3 Å². The van der Waals surface area contributed by atoms with E-state index >= 15 is 0 Å². The van der Waals surface area contributed by atoms with Gasteiger partial charge < -0.3 is 5.32 Å². The number of aromatic nitrogens is 2. The van der Waals surface area contributed by atoms with Gasteiger partial charge in [0.1, 0.15) is 16.9 Å². The lowest BCUT2D eigenvalue weighted by Gasteiger charge is -2.18. The molecule has 0 fully saturated rings. The second kappa shape index (κ2) is 10.5. The lowest BCUT2D eigenvalue weighted by molar-refractivity contribution is -0.118. The van der Waals surface area contributed by atoms with E-state index in [-0.39, 0.29) is 12.0 Å². The van der Waals surface area contributed by atoms with Crippen molar-refractivity contribution >= 4 is 44.2 Å². The summed E-state index contributed by atoms with van der Waals surface area (Å²) < 4.78 is 14.5. The molecule has 0 spiro atoms. The van der Waals surface area contributed by atoms with E-state index < -0.39 is 23.7 Å². The summed E-state index contributed by atoms with van der Waals surface area (Å²) in [5.74, 6) is -1.51. The fourth-order valence-electron chi connectivity index (χ4n) is 3.11. The molecule has 0 bridgehead atoms. The predicted molar refractivity (Wildman–Crippen MR) is 129 cm³/mol. The van der Waals surface area contributed by atoms with Gasteiger partial charge in [0.25, 0.3) is 5.91 Å². The van der Waals surface area contributed by atoms with Crippen LogP contribution in [0, 0.1) is 5.82 Å². The molecule has 4 rings (SSSR count). The topological polar surface area (TPSA) is 84.0 Å². The van der Waals surface area contributed by atoms with Gasteiger partial charge in [0, 0.05) is 22.0 Å². The Labute approximate surface area is 202 Å². The summed E-state index contributed by atoms with van der Waals surface area (Å²) in [6.07, 6.45) is 0.256. The Morgan fingerprint density at radius 1 is 0.970 bits per heavy atom. The van der Waals surface area contributed by atoms with Crippen LogP contribution in [0.5, 0.6) is 0 Å². The number of amides is 2. The predicted octanol–water partition coefficient (Wildman–Crippen LogP) is 5.09. The van der Waals surface area contributed by atoms with Crippen LogP contribution in [0.1, 0.15) is 15.9 Å². The van der Waals surface area contributed by atoms with Crippen LogP contribution in [0.3, 0.4) is 0 Å². The summed E-state index contributed by atoms with van der Waals surface area (Å²) in [7, 11) is 0. The minimum Gasteiger partial charge on any atom is -0.340 e. The molecule has 2 amide bonds. The van der Waals surface area contributed by atoms with E-state index in [1.807, 2.05) is 54.6 Å². The standard InChI is InChI=1S/C24H18BrFN4O2S/c25-18-11-9-16(10-12-18)23-29-30-24(33-23)28-22(32)20(13-15-5-2-1-3-6-15)27-21(31)17-7-4-8-19(26)14-17/h1-12,14,20H,13H2,(H,27,31)(H,28,30,32). The average molecular weight is 525 g/mol. The second-order valence-corrected chi connectivity index (χ2v) is 9.03. The van der Waals surface area contributed by atoms with Crippen molar-refractivity contribution in [3.63, 3.8) is 0 Å². The Morgan fingerprint density at radius 3 is 2.45 bits per heavy atom. The van der Waals surface area contributed by atoms with Crippen LogP contribution in [0.25, 0.3) is 10.6 Å². The van der Waals surface area contributed by atoms with Gasteiger partial charge in [-0.25, -0.2) is 4.39 Å². The van der Waals surface area contributed by atoms with Gasteiger partial charge in [-0.05, 0) is 35.9 Å². The number of halogens is 2. The Kier molecular flexibility index (Phi) is 7.21. The maximum atomic E-state index is 13.5. The molecule has 0 saturated heterocycles. The molecule has 3 aromatic carbocycles. The first-order valence-electron chi connectivity index (χ1n) is 9.98. The fourth-order valence-corrected chi connectivity index (χ4v) is 4.12. The molecule has 0 radical (unpaired) electrons. The van der Waals surface area contributed by atoms with Crippen molar-refractivity contribution in [2.45, 2.75) is 12.5 Å². The van der Waals surface area contributed by atoms with Gasteiger partial charge in [-0.3, -0.25) is 14.9 Å². The zero-order valence-electron chi connectivity index (χ0n) is 17.2. The molecular weight excluding hydrogens is 507 g/mol. The Bertz CT molecular complexity index is 1260. The van der Waals surface area contributed by atoms with E-state index in [0.29, 0.717) is 10.1 Å². The lowest BCUT2D eigenvalue weighted by Crippen LogP contribution is -2.45. The largest absolute Gasteiger partial charge is 0.340 e. The number of nitrogens with one attached hydrogen (secondary N) is 2. The monoisotopic (exact) mass is 524 g/mol. The highest BCUT2D eigenvalue weighted by Crippen LogP contribution is 2.27. The van der Waals surface area contributed by atoms with E-state index in [1.165, 1.54) is 29.5 Å². The summed E-state index contributed by atoms with van der Waals surface area (Å²) in [6.45, 7) is 0. The molecule has 0 saturated carbocycles. The number of anilines is 1. The molecule has 166 valence electrons. The summed E-state index contributed by atoms with van der Waals surface area (Å²) >= 11 is 4.62. The van der Waals surface area contributed by atoms with Crippen LogP contribution in [0.4, 0.5) is 9.52 Å². The van der Waals surface area contributed by atoms with Crippen molar-refractivity contribution in [2.75, 3.05) is 5.32 Å². The Balaban J connectivity index is 1.51. The molecule has 2 N–H and O–H groups in total. The first kappa shape index (κ1) is 22.8. The van der Waals surface area contributed by atoms with Gasteiger partial charge in [-0.1, -0.05) is 75.8 Å². The van der Waals surface area contributed by atoms with Crippen molar-refractivity contribution in [3.05, 3.63) is 100 Å². The van der Waals surface area contributed by atoms with Crippen LogP contribution < -0.4 is 10.6 Å². The fraction of sp³-hybridized carbons (Fsp3) is 0.0833. The quantitative estimate of drug-likeness (QED) is 0.352. The SMILES string of the molecule is O=C(NC(Cc1ccccc1)C(=O)Nc1nnc(-c2ccc(Br)cc2)s1)c1cccc(F)c1. The molecule has 0 aliphatic rings. The number of nitrogens with zero attached hydrogens (tertiary/aromatic N) is 2. The maximum absolute atomic E-state index is 13.5. The summed E-state index contributed by atoms with van der Waals surface area (Å²) in [5, 5.41) is 14.6. The number of carbonyl (C=O) groups is 2. The normalized spacial score (nSPS) is 11.6. The van der Waals surface area contributed by atoms with Crippen LogP contribution in [0.2, 0.25) is 0 Å². The minimum atomic E-state index is -0.900. The van der Waals surface area contributed by atoms with Crippen LogP contribution in [-0.2, 0) is 11.2 Å². The third-order valence-corrected chi connectivity index (χ3v) is 6.15. The molecule has 0 aliphatic heterocycles. The average Bonchev–Trinajstić information content (AvgIpc) is 3.28.